The summed E-state index contributed by atoms with van der Waals surface area (Å²) in [6.45, 7) is 0. The van der Waals surface area contributed by atoms with Crippen molar-refractivity contribution in [2.24, 2.45) is 20.7 Å². The van der Waals surface area contributed by atoms with Crippen molar-refractivity contribution in [2.45, 2.75) is 5.79 Å². The number of nitrogens with zero attached hydrogens (tertiary/aromatic N) is 5. The molecule has 4 N–H and O–H groups in total. The number of carbonyl (C=O) groups is 1. The molecule has 0 radical (unpaired) electrons. The van der Waals surface area contributed by atoms with Gasteiger partial charge in [0.05, 0.1) is 4.92 Å². The third kappa shape index (κ3) is 2.74. The molecule has 1 aliphatic rings. The van der Waals surface area contributed by atoms with Crippen molar-refractivity contribution >= 4 is 5.97 Å². The number of carbonyl (C=O) groups excluding carboxylic acids is 1. The van der Waals surface area contributed by atoms with Gasteiger partial charge in [0, 0.05) is 0 Å². The van der Waals surface area contributed by atoms with Crippen LogP contribution < -0.4 is 34.7 Å². The fraction of sp³-hybridized carbons (Fsp3) is 0.500. The summed E-state index contributed by atoms with van der Waals surface area (Å²) in [6, 6.07) is 0. The molecule has 0 aromatic carbocycles. The monoisotopic (exact) mass is 217 g/mol. The standard InChI is InChI=1S/C2HN5O4.Na.2H2O/c8-1(9)2(7(10)11)3-5-6-4-2;;;/h(H,8,9);;2*1H2/q;+1;;/p-1. The Morgan fingerprint density at radius 1 is 1.21 bits per heavy atom. The average Bonchev–Trinajstić information content (AvgIpc) is 2.34. The molecule has 0 bridgehead atoms. The molecule has 0 spiro atoms. The van der Waals surface area contributed by atoms with Gasteiger partial charge in [-0.3, -0.25) is 10.1 Å². The van der Waals surface area contributed by atoms with E-state index in [-0.39, 0.29) is 40.5 Å². The number of hydrogen-bond acceptors (Lipinski definition) is 8. The van der Waals surface area contributed by atoms with Gasteiger partial charge in [0.1, 0.15) is 0 Å². The Morgan fingerprint density at radius 2 is 1.57 bits per heavy atom. The van der Waals surface area contributed by atoms with Crippen LogP contribution in [0.5, 0.6) is 0 Å². The Morgan fingerprint density at radius 3 is 1.71 bits per heavy atom. The summed E-state index contributed by atoms with van der Waals surface area (Å²) in [7, 11) is 0. The van der Waals surface area contributed by atoms with Crippen molar-refractivity contribution in [1.82, 2.24) is 0 Å². The van der Waals surface area contributed by atoms with Gasteiger partial charge in [-0.1, -0.05) is 10.2 Å². The van der Waals surface area contributed by atoms with E-state index in [0.717, 1.165) is 0 Å². The average molecular weight is 217 g/mol. The van der Waals surface area contributed by atoms with Gasteiger partial charge in [-0.05, 0) is 10.4 Å². The minimum atomic E-state index is -2.86. The summed E-state index contributed by atoms with van der Waals surface area (Å²) in [4.78, 5) is 18.9. The van der Waals surface area contributed by atoms with E-state index in [2.05, 4.69) is 20.7 Å². The van der Waals surface area contributed by atoms with Crippen molar-refractivity contribution in [3.8, 4) is 0 Å². The maximum Gasteiger partial charge on any atom is 1.00 e. The molecule has 14 heavy (non-hydrogen) atoms. The Hall–Kier alpha value is -1.01. The summed E-state index contributed by atoms with van der Waals surface area (Å²) in [5.74, 6) is -4.92. The molecule has 1 rings (SSSR count). The molecule has 0 atom stereocenters. The third-order valence-electron chi connectivity index (χ3n) is 0.937. The fourth-order valence-electron chi connectivity index (χ4n) is 0.414. The molecule has 12 heteroatoms. The summed E-state index contributed by atoms with van der Waals surface area (Å²) in [5.41, 5.74) is 0. The normalized spacial score (nSPS) is 14.6. The number of rotatable bonds is 2. The van der Waals surface area contributed by atoms with E-state index < -0.39 is 16.7 Å². The Bertz CT molecular complexity index is 247. The second kappa shape index (κ2) is 6.44. The van der Waals surface area contributed by atoms with E-state index in [0.29, 0.717) is 0 Å². The first-order valence-electron chi connectivity index (χ1n) is 2.29. The minimum Gasteiger partial charge on any atom is -0.540 e. The number of carboxylic acids is 1. The summed E-state index contributed by atoms with van der Waals surface area (Å²) in [5, 5.41) is 30.9. The number of nitro groups is 1. The van der Waals surface area contributed by atoms with Crippen molar-refractivity contribution in [2.75, 3.05) is 0 Å². The fourth-order valence-corrected chi connectivity index (χ4v) is 0.414. The molecular formula is C2H4N5NaO6. The van der Waals surface area contributed by atoms with E-state index in [9.17, 15) is 20.0 Å². The van der Waals surface area contributed by atoms with Gasteiger partial charge >= 0.3 is 35.3 Å². The Kier molecular flexibility index (Phi) is 8.61. The first-order chi connectivity index (χ1) is 5.09. The smallest absolute Gasteiger partial charge is 0.540 e. The molecular weight excluding hydrogens is 213 g/mol. The van der Waals surface area contributed by atoms with E-state index in [1.807, 2.05) is 0 Å². The zero-order valence-electron chi connectivity index (χ0n) is 6.87. The summed E-state index contributed by atoms with van der Waals surface area (Å²) in [6.07, 6.45) is 0. The van der Waals surface area contributed by atoms with E-state index in [1.165, 1.54) is 0 Å². The Labute approximate surface area is 97.9 Å². The van der Waals surface area contributed by atoms with Gasteiger partial charge in [-0.25, -0.2) is 0 Å². The van der Waals surface area contributed by atoms with Crippen LogP contribution in [0, 0.1) is 10.1 Å². The van der Waals surface area contributed by atoms with Gasteiger partial charge in [0.15, 0.2) is 5.97 Å². The maximum atomic E-state index is 10.1. The van der Waals surface area contributed by atoms with Crippen LogP contribution in [0.15, 0.2) is 20.7 Å². The zero-order valence-corrected chi connectivity index (χ0v) is 8.87. The van der Waals surface area contributed by atoms with Crippen LogP contribution in [-0.2, 0) is 4.79 Å². The first-order valence-corrected chi connectivity index (χ1v) is 2.29. The van der Waals surface area contributed by atoms with Gasteiger partial charge in [0.25, 0.3) is 0 Å². The Balaban J connectivity index is -0.000000403. The predicted molar refractivity (Wildman–Crippen MR) is 31.7 cm³/mol. The topological polar surface area (TPSA) is 196 Å². The van der Waals surface area contributed by atoms with Crippen molar-refractivity contribution in [3.05, 3.63) is 10.1 Å². The molecule has 0 saturated carbocycles. The van der Waals surface area contributed by atoms with Crippen LogP contribution in [0.3, 0.4) is 0 Å². The molecule has 1 heterocycles. The van der Waals surface area contributed by atoms with Gasteiger partial charge in [-0.2, -0.15) is 0 Å². The predicted octanol–water partition coefficient (Wildman–Crippen LogP) is -6.15. The maximum absolute atomic E-state index is 10.1. The van der Waals surface area contributed by atoms with Gasteiger partial charge < -0.3 is 20.9 Å². The van der Waals surface area contributed by atoms with Crippen molar-refractivity contribution in [3.63, 3.8) is 0 Å². The van der Waals surface area contributed by atoms with Crippen LogP contribution in [0.4, 0.5) is 0 Å². The molecule has 1 aliphatic heterocycles. The number of aliphatic carboxylic acids is 1. The molecule has 0 amide bonds. The van der Waals surface area contributed by atoms with Crippen LogP contribution in [0.1, 0.15) is 0 Å². The SMILES string of the molecule is O.O.O=C([O-])C1([N+](=O)[O-])N=NN=N1.[Na+]. The second-order valence-electron chi connectivity index (χ2n) is 1.56. The summed E-state index contributed by atoms with van der Waals surface area (Å²) < 4.78 is 0. The van der Waals surface area contributed by atoms with Gasteiger partial charge in [-0.15, -0.1) is 0 Å². The molecule has 0 aromatic rings. The summed E-state index contributed by atoms with van der Waals surface area (Å²) >= 11 is 0. The van der Waals surface area contributed by atoms with E-state index in [4.69, 9.17) is 0 Å². The van der Waals surface area contributed by atoms with E-state index >= 15 is 0 Å². The van der Waals surface area contributed by atoms with Crippen LogP contribution in [0.2, 0.25) is 0 Å². The second-order valence-corrected chi connectivity index (χ2v) is 1.56. The molecule has 0 unspecified atom stereocenters. The van der Waals surface area contributed by atoms with Crippen molar-refractivity contribution in [1.29, 1.82) is 0 Å². The molecule has 0 aromatic heterocycles. The molecule has 0 aliphatic carbocycles. The first kappa shape index (κ1) is 18.7. The largest absolute Gasteiger partial charge is 1.00 e. The van der Waals surface area contributed by atoms with Crippen LogP contribution >= 0.6 is 0 Å². The van der Waals surface area contributed by atoms with Crippen molar-refractivity contribution < 1.29 is 55.3 Å². The number of hydrogen-bond donors (Lipinski definition) is 0. The third-order valence-corrected chi connectivity index (χ3v) is 0.937. The zero-order chi connectivity index (χ0) is 8.48. The van der Waals surface area contributed by atoms with Gasteiger partial charge in [0.2, 0.25) is 0 Å². The number of carboxylic acid groups (broad SMARTS) is 1. The molecule has 0 saturated heterocycles. The van der Waals surface area contributed by atoms with Crippen LogP contribution in [0.25, 0.3) is 0 Å². The van der Waals surface area contributed by atoms with Crippen LogP contribution in [-0.4, -0.2) is 27.6 Å². The van der Waals surface area contributed by atoms with E-state index in [1.54, 1.807) is 0 Å². The quantitative estimate of drug-likeness (QED) is 0.252. The minimum absolute atomic E-state index is 0. The molecule has 74 valence electrons. The molecule has 11 nitrogen and oxygen atoms in total. The molecule has 0 fully saturated rings.